The van der Waals surface area contributed by atoms with Gasteiger partial charge in [0.2, 0.25) is 0 Å². The summed E-state index contributed by atoms with van der Waals surface area (Å²) >= 11 is 12.5. The highest BCUT2D eigenvalue weighted by molar-refractivity contribution is 6.32. The fourth-order valence-electron chi connectivity index (χ4n) is 4.19. The minimum Gasteiger partial charge on any atom is -0.371 e. The summed E-state index contributed by atoms with van der Waals surface area (Å²) < 4.78 is 29.3. The van der Waals surface area contributed by atoms with Crippen LogP contribution in [0.1, 0.15) is 43.6 Å². The number of benzene rings is 3. The van der Waals surface area contributed by atoms with Crippen molar-refractivity contribution in [3.05, 3.63) is 105 Å². The van der Waals surface area contributed by atoms with Crippen molar-refractivity contribution in [3.8, 4) is 6.07 Å². The van der Waals surface area contributed by atoms with Gasteiger partial charge in [-0.25, -0.2) is 13.5 Å². The van der Waals surface area contributed by atoms with Gasteiger partial charge in [-0.2, -0.15) is 5.26 Å². The molecule has 1 atom stereocenters. The summed E-state index contributed by atoms with van der Waals surface area (Å²) in [7, 11) is 0. The molecule has 3 aromatic carbocycles. The van der Waals surface area contributed by atoms with Gasteiger partial charge in [0.1, 0.15) is 23.4 Å². The average Bonchev–Trinajstić information content (AvgIpc) is 3.41. The molecule has 40 heavy (non-hydrogen) atoms. The minimum atomic E-state index is -0.558. The fraction of sp³-hybridized carbons (Fsp3) is 0.172. The molecule has 5 aromatic rings. The SMILES string of the molecule is CC(C)(C)n1cc([C@@H](Nc2cc(Cl)cc3c(Nc4ccc(F)c(Cl)c4)c(C#N)cnc23)c2ccc(F)cc2)nn1. The molecule has 0 unspecified atom stereocenters. The normalized spacial score (nSPS) is 12.2. The predicted octanol–water partition coefficient (Wildman–Crippen LogP) is 7.98. The Bertz CT molecular complexity index is 1760. The zero-order valence-corrected chi connectivity index (χ0v) is 23.2. The number of nitrogens with zero attached hydrogens (tertiary/aromatic N) is 5. The largest absolute Gasteiger partial charge is 0.371 e. The predicted molar refractivity (Wildman–Crippen MR) is 153 cm³/mol. The van der Waals surface area contributed by atoms with Gasteiger partial charge < -0.3 is 10.6 Å². The highest BCUT2D eigenvalue weighted by atomic mass is 35.5. The van der Waals surface area contributed by atoms with Crippen LogP contribution in [0.2, 0.25) is 10.0 Å². The second-order valence-electron chi connectivity index (χ2n) is 10.1. The van der Waals surface area contributed by atoms with Gasteiger partial charge in [-0.1, -0.05) is 40.5 Å². The summed E-state index contributed by atoms with van der Waals surface area (Å²) in [5.74, 6) is -0.923. The third-order valence-corrected chi connectivity index (χ3v) is 6.75. The second kappa shape index (κ2) is 10.7. The number of aromatic nitrogens is 4. The van der Waals surface area contributed by atoms with Crippen LogP contribution in [0.15, 0.2) is 67.0 Å². The van der Waals surface area contributed by atoms with Crippen LogP contribution >= 0.6 is 23.2 Å². The van der Waals surface area contributed by atoms with Crippen molar-refractivity contribution in [1.82, 2.24) is 20.0 Å². The molecule has 2 heterocycles. The summed E-state index contributed by atoms with van der Waals surface area (Å²) in [5, 5.41) is 26.0. The van der Waals surface area contributed by atoms with Crippen molar-refractivity contribution in [2.75, 3.05) is 10.6 Å². The van der Waals surface area contributed by atoms with E-state index in [4.69, 9.17) is 23.2 Å². The van der Waals surface area contributed by atoms with Crippen molar-refractivity contribution in [2.45, 2.75) is 32.4 Å². The summed E-state index contributed by atoms with van der Waals surface area (Å²) in [4.78, 5) is 4.56. The number of pyridine rings is 1. The van der Waals surface area contributed by atoms with E-state index in [9.17, 15) is 14.0 Å². The molecule has 0 aliphatic heterocycles. The van der Waals surface area contributed by atoms with Crippen molar-refractivity contribution < 1.29 is 8.78 Å². The van der Waals surface area contributed by atoms with Crippen LogP contribution in [0.25, 0.3) is 10.9 Å². The molecular weight excluding hydrogens is 555 g/mol. The van der Waals surface area contributed by atoms with Crippen LogP contribution < -0.4 is 10.6 Å². The molecule has 0 amide bonds. The lowest BCUT2D eigenvalue weighted by molar-refractivity contribution is 0.347. The van der Waals surface area contributed by atoms with Crippen molar-refractivity contribution in [3.63, 3.8) is 0 Å². The number of nitriles is 1. The smallest absolute Gasteiger partial charge is 0.141 e. The van der Waals surface area contributed by atoms with Crippen molar-refractivity contribution in [2.24, 2.45) is 0 Å². The summed E-state index contributed by atoms with van der Waals surface area (Å²) in [5.41, 5.74) is 3.25. The van der Waals surface area contributed by atoms with E-state index in [1.54, 1.807) is 28.9 Å². The van der Waals surface area contributed by atoms with Crippen molar-refractivity contribution in [1.29, 1.82) is 5.26 Å². The van der Waals surface area contributed by atoms with E-state index in [2.05, 4.69) is 32.0 Å². The van der Waals surface area contributed by atoms with E-state index in [1.165, 1.54) is 36.5 Å². The summed E-state index contributed by atoms with van der Waals surface area (Å²) in [6.45, 7) is 6.03. The first-order valence-corrected chi connectivity index (χ1v) is 13.0. The Hall–Kier alpha value is -4.26. The molecule has 2 aromatic heterocycles. The van der Waals surface area contributed by atoms with E-state index < -0.39 is 11.9 Å². The highest BCUT2D eigenvalue weighted by Gasteiger charge is 2.24. The lowest BCUT2D eigenvalue weighted by atomic mass is 10.0. The number of hydrogen-bond donors (Lipinski definition) is 2. The van der Waals surface area contributed by atoms with Crippen LogP contribution in [0.5, 0.6) is 0 Å². The van der Waals surface area contributed by atoms with Crippen LogP contribution in [-0.4, -0.2) is 20.0 Å². The zero-order chi connectivity index (χ0) is 28.6. The average molecular weight is 578 g/mol. The molecule has 2 N–H and O–H groups in total. The van der Waals surface area contributed by atoms with Crippen LogP contribution in [-0.2, 0) is 5.54 Å². The van der Waals surface area contributed by atoms with Gasteiger partial charge in [0.15, 0.2) is 0 Å². The number of halogens is 4. The number of rotatable bonds is 6. The number of hydrogen-bond acceptors (Lipinski definition) is 6. The quantitative estimate of drug-likeness (QED) is 0.212. The number of anilines is 3. The van der Waals surface area contributed by atoms with Gasteiger partial charge in [-0.05, 0) is 68.8 Å². The standard InChI is InChI=1S/C29H23Cl2F2N7/c1-29(2,3)40-15-25(38-39-40)27(16-4-6-19(32)7-5-16)37-24-11-18(30)10-21-26(17(13-34)14-35-28(21)24)36-20-8-9-23(33)22(31)12-20/h4-12,14-15,27,37H,1-3H3,(H,35,36)/t27-/m0/s1. The van der Waals surface area contributed by atoms with Crippen LogP contribution in [0, 0.1) is 23.0 Å². The Morgan fingerprint density at radius 1 is 1.02 bits per heavy atom. The number of nitrogens with one attached hydrogen (secondary N) is 2. The molecule has 0 aliphatic carbocycles. The van der Waals surface area contributed by atoms with Gasteiger partial charge in [-0.3, -0.25) is 4.98 Å². The molecule has 202 valence electrons. The van der Waals surface area contributed by atoms with Gasteiger partial charge in [-0.15, -0.1) is 5.10 Å². The molecule has 0 fully saturated rings. The maximum Gasteiger partial charge on any atom is 0.141 e. The second-order valence-corrected chi connectivity index (χ2v) is 11.0. The van der Waals surface area contributed by atoms with Crippen LogP contribution in [0.4, 0.5) is 25.8 Å². The summed E-state index contributed by atoms with van der Waals surface area (Å²) in [6.07, 6.45) is 3.28. The van der Waals surface area contributed by atoms with Gasteiger partial charge in [0.25, 0.3) is 0 Å². The molecule has 0 bridgehead atoms. The van der Waals surface area contributed by atoms with Crippen molar-refractivity contribution >= 4 is 51.2 Å². The van der Waals surface area contributed by atoms with E-state index >= 15 is 0 Å². The lowest BCUT2D eigenvalue weighted by Crippen LogP contribution is -2.22. The molecule has 11 heteroatoms. The minimum absolute atomic E-state index is 0.0623. The third-order valence-electron chi connectivity index (χ3n) is 6.24. The topological polar surface area (TPSA) is 91.5 Å². The Kier molecular flexibility index (Phi) is 7.32. The van der Waals surface area contributed by atoms with Gasteiger partial charge in [0.05, 0.1) is 45.3 Å². The molecule has 5 rings (SSSR count). The first-order chi connectivity index (χ1) is 19.0. The molecule has 0 spiro atoms. The van der Waals surface area contributed by atoms with Gasteiger partial charge in [0, 0.05) is 22.3 Å². The maximum absolute atomic E-state index is 13.8. The first kappa shape index (κ1) is 27.3. The molecule has 0 aliphatic rings. The Morgan fingerprint density at radius 2 is 1.77 bits per heavy atom. The van der Waals surface area contributed by atoms with E-state index in [-0.39, 0.29) is 21.9 Å². The molecule has 0 saturated carbocycles. The monoisotopic (exact) mass is 577 g/mol. The Morgan fingerprint density at radius 3 is 2.42 bits per heavy atom. The highest BCUT2D eigenvalue weighted by Crippen LogP contribution is 2.38. The van der Waals surface area contributed by atoms with Crippen LogP contribution in [0.3, 0.4) is 0 Å². The maximum atomic E-state index is 13.8. The van der Waals surface area contributed by atoms with E-state index in [0.29, 0.717) is 38.7 Å². The lowest BCUT2D eigenvalue weighted by Gasteiger charge is -2.21. The Labute approximate surface area is 239 Å². The van der Waals surface area contributed by atoms with Gasteiger partial charge >= 0.3 is 0 Å². The molecular formula is C29H23Cl2F2N7. The number of fused-ring (bicyclic) bond motifs is 1. The first-order valence-electron chi connectivity index (χ1n) is 12.2. The fourth-order valence-corrected chi connectivity index (χ4v) is 4.59. The van der Waals surface area contributed by atoms with E-state index in [1.807, 2.05) is 27.0 Å². The van der Waals surface area contributed by atoms with E-state index in [0.717, 1.165) is 5.56 Å². The summed E-state index contributed by atoms with van der Waals surface area (Å²) in [6, 6.07) is 15.3. The third kappa shape index (κ3) is 5.55. The molecule has 0 saturated heterocycles. The molecule has 0 radical (unpaired) electrons. The molecule has 7 nitrogen and oxygen atoms in total. The Balaban J connectivity index is 1.64. The zero-order valence-electron chi connectivity index (χ0n) is 21.7.